The molecule has 0 spiro atoms. The normalized spacial score (nSPS) is 11.0. The third-order valence-electron chi connectivity index (χ3n) is 3.90. The number of nitrogens with one attached hydrogen (secondary N) is 1. The highest BCUT2D eigenvalue weighted by Gasteiger charge is 2.11. The zero-order valence-corrected chi connectivity index (χ0v) is 14.6. The van der Waals surface area contributed by atoms with Crippen LogP contribution in [0.25, 0.3) is 10.9 Å². The molecule has 6 heteroatoms. The van der Waals surface area contributed by atoms with E-state index in [-0.39, 0.29) is 18.3 Å². The Hall–Kier alpha value is -3.41. The highest BCUT2D eigenvalue weighted by molar-refractivity contribution is 6.06. The molecule has 1 amide bonds. The van der Waals surface area contributed by atoms with Crippen molar-refractivity contribution in [1.82, 2.24) is 10.3 Å². The average molecular weight is 349 g/mol. The van der Waals surface area contributed by atoms with E-state index in [2.05, 4.69) is 15.3 Å². The van der Waals surface area contributed by atoms with Crippen LogP contribution in [-0.2, 0) is 0 Å². The Morgan fingerprint density at radius 1 is 1.27 bits per heavy atom. The Kier molecular flexibility index (Phi) is 5.12. The SMILES string of the molecule is COc1cccc(/C=N/CNC(=O)c2cc(C)nc3ccccc23)c1O. The van der Waals surface area contributed by atoms with Gasteiger partial charge < -0.3 is 15.2 Å². The van der Waals surface area contributed by atoms with Gasteiger partial charge in [0.15, 0.2) is 11.5 Å². The third kappa shape index (κ3) is 3.64. The van der Waals surface area contributed by atoms with Crippen molar-refractivity contribution in [3.63, 3.8) is 0 Å². The van der Waals surface area contributed by atoms with Crippen LogP contribution in [0.5, 0.6) is 11.5 Å². The van der Waals surface area contributed by atoms with Crippen molar-refractivity contribution in [3.8, 4) is 11.5 Å². The minimum absolute atomic E-state index is 0.0147. The van der Waals surface area contributed by atoms with Crippen molar-refractivity contribution < 1.29 is 14.6 Å². The lowest BCUT2D eigenvalue weighted by atomic mass is 10.1. The standard InChI is InChI=1S/C20H19N3O3/c1-13-10-16(15-7-3-4-8-17(15)23-13)20(25)22-12-21-11-14-6-5-9-18(26-2)19(14)24/h3-11,24H,12H2,1-2H3,(H,22,25)/b21-11+. The van der Waals surface area contributed by atoms with E-state index in [1.54, 1.807) is 24.3 Å². The van der Waals surface area contributed by atoms with Crippen LogP contribution in [0.15, 0.2) is 53.5 Å². The fraction of sp³-hybridized carbons (Fsp3) is 0.150. The highest BCUT2D eigenvalue weighted by Crippen LogP contribution is 2.27. The van der Waals surface area contributed by atoms with Gasteiger partial charge in [-0.15, -0.1) is 0 Å². The minimum atomic E-state index is -0.223. The summed E-state index contributed by atoms with van der Waals surface area (Å²) >= 11 is 0. The van der Waals surface area contributed by atoms with Gasteiger partial charge in [0.2, 0.25) is 0 Å². The average Bonchev–Trinajstić information content (AvgIpc) is 2.65. The third-order valence-corrected chi connectivity index (χ3v) is 3.90. The minimum Gasteiger partial charge on any atom is -0.504 e. The number of aryl methyl sites for hydroxylation is 1. The molecule has 0 aliphatic carbocycles. The summed E-state index contributed by atoms with van der Waals surface area (Å²) in [5, 5.41) is 13.6. The smallest absolute Gasteiger partial charge is 0.253 e. The molecule has 2 aromatic carbocycles. The summed E-state index contributed by atoms with van der Waals surface area (Å²) in [6.07, 6.45) is 1.49. The number of para-hydroxylation sites is 2. The first kappa shape index (κ1) is 17.4. The fourth-order valence-electron chi connectivity index (χ4n) is 2.66. The number of rotatable bonds is 5. The number of phenolic OH excluding ortho intramolecular Hbond substituents is 1. The molecule has 0 saturated heterocycles. The molecular formula is C20H19N3O3. The molecule has 0 aliphatic rings. The van der Waals surface area contributed by atoms with Gasteiger partial charge in [-0.3, -0.25) is 14.8 Å². The first-order valence-corrected chi connectivity index (χ1v) is 8.10. The maximum absolute atomic E-state index is 12.5. The largest absolute Gasteiger partial charge is 0.504 e. The summed E-state index contributed by atoms with van der Waals surface area (Å²) in [4.78, 5) is 21.1. The molecule has 0 bridgehead atoms. The number of benzene rings is 2. The molecule has 0 unspecified atom stereocenters. The van der Waals surface area contributed by atoms with E-state index in [4.69, 9.17) is 4.74 Å². The predicted molar refractivity (Wildman–Crippen MR) is 101 cm³/mol. The number of aromatic hydroxyl groups is 1. The molecule has 0 radical (unpaired) electrons. The second kappa shape index (κ2) is 7.65. The van der Waals surface area contributed by atoms with E-state index in [9.17, 15) is 9.90 Å². The quantitative estimate of drug-likeness (QED) is 0.694. The Morgan fingerprint density at radius 3 is 2.88 bits per heavy atom. The second-order valence-corrected chi connectivity index (χ2v) is 5.70. The number of fused-ring (bicyclic) bond motifs is 1. The lowest BCUT2D eigenvalue weighted by Gasteiger charge is -2.08. The van der Waals surface area contributed by atoms with Crippen LogP contribution in [-0.4, -0.2) is 36.0 Å². The predicted octanol–water partition coefficient (Wildman–Crippen LogP) is 3.06. The van der Waals surface area contributed by atoms with Gasteiger partial charge in [0, 0.05) is 22.9 Å². The van der Waals surface area contributed by atoms with Crippen molar-refractivity contribution in [2.75, 3.05) is 13.8 Å². The van der Waals surface area contributed by atoms with E-state index < -0.39 is 0 Å². The van der Waals surface area contributed by atoms with Gasteiger partial charge in [0.05, 0.1) is 18.2 Å². The molecule has 0 aliphatic heterocycles. The topological polar surface area (TPSA) is 83.8 Å². The van der Waals surface area contributed by atoms with Gasteiger partial charge in [-0.2, -0.15) is 0 Å². The summed E-state index contributed by atoms with van der Waals surface area (Å²) in [7, 11) is 1.48. The Bertz CT molecular complexity index is 983. The second-order valence-electron chi connectivity index (χ2n) is 5.70. The highest BCUT2D eigenvalue weighted by atomic mass is 16.5. The molecule has 1 heterocycles. The Morgan fingerprint density at radius 2 is 2.08 bits per heavy atom. The van der Waals surface area contributed by atoms with Gasteiger partial charge >= 0.3 is 0 Å². The van der Waals surface area contributed by atoms with Crippen molar-refractivity contribution in [2.24, 2.45) is 4.99 Å². The van der Waals surface area contributed by atoms with E-state index in [1.165, 1.54) is 13.3 Å². The van der Waals surface area contributed by atoms with Crippen LogP contribution in [0.4, 0.5) is 0 Å². The van der Waals surface area contributed by atoms with Gasteiger partial charge in [0.1, 0.15) is 6.67 Å². The molecule has 0 saturated carbocycles. The number of amides is 1. The number of nitrogens with zero attached hydrogens (tertiary/aromatic N) is 2. The number of pyridine rings is 1. The molecule has 26 heavy (non-hydrogen) atoms. The maximum Gasteiger partial charge on any atom is 0.253 e. The summed E-state index contributed by atoms with van der Waals surface area (Å²) < 4.78 is 5.05. The van der Waals surface area contributed by atoms with Crippen molar-refractivity contribution in [1.29, 1.82) is 0 Å². The molecule has 0 fully saturated rings. The zero-order valence-electron chi connectivity index (χ0n) is 14.6. The lowest BCUT2D eigenvalue weighted by Crippen LogP contribution is -2.24. The zero-order chi connectivity index (χ0) is 18.5. The maximum atomic E-state index is 12.5. The summed E-state index contributed by atoms with van der Waals surface area (Å²) in [5.41, 5.74) is 2.64. The molecule has 3 aromatic rings. The molecule has 0 atom stereocenters. The fourth-order valence-corrected chi connectivity index (χ4v) is 2.66. The number of aromatic nitrogens is 1. The number of hydrogen-bond acceptors (Lipinski definition) is 5. The molecule has 1 aromatic heterocycles. The van der Waals surface area contributed by atoms with Crippen LogP contribution in [0.2, 0.25) is 0 Å². The lowest BCUT2D eigenvalue weighted by molar-refractivity contribution is 0.0956. The van der Waals surface area contributed by atoms with E-state index in [0.717, 1.165) is 16.6 Å². The van der Waals surface area contributed by atoms with E-state index in [1.807, 2.05) is 31.2 Å². The molecule has 132 valence electrons. The first-order chi connectivity index (χ1) is 12.6. The summed E-state index contributed by atoms with van der Waals surface area (Å²) in [5.74, 6) is 0.163. The van der Waals surface area contributed by atoms with Crippen LogP contribution < -0.4 is 10.1 Å². The number of carbonyl (C=O) groups is 1. The molecule has 3 rings (SSSR count). The van der Waals surface area contributed by atoms with Gasteiger partial charge in [-0.1, -0.05) is 24.3 Å². The Labute approximate surface area is 151 Å². The molecule has 6 nitrogen and oxygen atoms in total. The Balaban J connectivity index is 1.72. The van der Waals surface area contributed by atoms with Gasteiger partial charge in [-0.25, -0.2) is 0 Å². The number of carbonyl (C=O) groups excluding carboxylic acids is 1. The number of ether oxygens (including phenoxy) is 1. The van der Waals surface area contributed by atoms with Gasteiger partial charge in [0.25, 0.3) is 5.91 Å². The van der Waals surface area contributed by atoms with Crippen LogP contribution in [0.1, 0.15) is 21.6 Å². The van der Waals surface area contributed by atoms with E-state index in [0.29, 0.717) is 16.9 Å². The van der Waals surface area contributed by atoms with Crippen LogP contribution in [0, 0.1) is 6.92 Å². The number of methoxy groups -OCH3 is 1. The van der Waals surface area contributed by atoms with Crippen LogP contribution in [0.3, 0.4) is 0 Å². The summed E-state index contributed by atoms with van der Waals surface area (Å²) in [6.45, 7) is 1.94. The van der Waals surface area contributed by atoms with Crippen molar-refractivity contribution in [2.45, 2.75) is 6.92 Å². The molecule has 2 N–H and O–H groups in total. The number of hydrogen-bond donors (Lipinski definition) is 2. The number of aliphatic imine (C=N–C) groups is 1. The van der Waals surface area contributed by atoms with Crippen molar-refractivity contribution >= 4 is 23.0 Å². The van der Waals surface area contributed by atoms with Gasteiger partial charge in [-0.05, 0) is 31.2 Å². The number of phenols is 1. The monoisotopic (exact) mass is 349 g/mol. The first-order valence-electron chi connectivity index (χ1n) is 8.10. The van der Waals surface area contributed by atoms with E-state index >= 15 is 0 Å². The van der Waals surface area contributed by atoms with Crippen LogP contribution >= 0.6 is 0 Å². The van der Waals surface area contributed by atoms with Crippen molar-refractivity contribution in [3.05, 3.63) is 65.4 Å². The summed E-state index contributed by atoms with van der Waals surface area (Å²) in [6, 6.07) is 14.4. The molecular weight excluding hydrogens is 330 g/mol.